The zero-order chi connectivity index (χ0) is 29.3. The number of halogens is 6. The van der Waals surface area contributed by atoms with Gasteiger partial charge in [0, 0.05) is 31.1 Å². The van der Waals surface area contributed by atoms with Gasteiger partial charge in [-0.25, -0.2) is 4.79 Å². The minimum atomic E-state index is -5.03. The highest BCUT2D eigenvalue weighted by molar-refractivity contribution is 5.91. The average molecular weight is 563 g/mol. The Morgan fingerprint density at radius 3 is 1.95 bits per heavy atom. The summed E-state index contributed by atoms with van der Waals surface area (Å²) in [5.41, 5.74) is -2.62. The highest BCUT2D eigenvalue weighted by atomic mass is 19.4. The van der Waals surface area contributed by atoms with Crippen molar-refractivity contribution in [2.24, 2.45) is 0 Å². The zero-order valence-corrected chi connectivity index (χ0v) is 21.9. The number of hydrogen-bond donors (Lipinski definition) is 0. The lowest BCUT2D eigenvalue weighted by Gasteiger charge is -2.43. The molecular weight excluding hydrogens is 534 g/mol. The number of amides is 2. The van der Waals surface area contributed by atoms with Crippen molar-refractivity contribution in [2.75, 3.05) is 25.7 Å². The van der Waals surface area contributed by atoms with Gasteiger partial charge in [0.15, 0.2) is 11.5 Å². The van der Waals surface area contributed by atoms with E-state index in [1.54, 1.807) is 13.8 Å². The third kappa shape index (κ3) is 6.34. The SMILES string of the molecule is CCOC(=O)N1c2cc(OC)c(OC)cc2[C@H](N(Cc2cc(C(F)(F)F)cc(C(F)(F)F)c2)C(C)=O)C[C@@H]1C. The van der Waals surface area contributed by atoms with Crippen LogP contribution in [0.15, 0.2) is 30.3 Å². The molecule has 13 heteroatoms. The molecule has 2 atom stereocenters. The lowest BCUT2D eigenvalue weighted by atomic mass is 9.89. The van der Waals surface area contributed by atoms with Crippen LogP contribution in [0.5, 0.6) is 11.5 Å². The zero-order valence-electron chi connectivity index (χ0n) is 21.9. The van der Waals surface area contributed by atoms with Crippen LogP contribution < -0.4 is 14.4 Å². The Labute approximate surface area is 221 Å². The number of hydrogen-bond acceptors (Lipinski definition) is 5. The van der Waals surface area contributed by atoms with Crippen LogP contribution >= 0.6 is 0 Å². The second-order valence-electron chi connectivity index (χ2n) is 9.00. The molecule has 2 aromatic rings. The second kappa shape index (κ2) is 11.2. The number of nitrogens with zero attached hydrogens (tertiary/aromatic N) is 2. The molecule has 0 bridgehead atoms. The van der Waals surface area contributed by atoms with E-state index in [2.05, 4.69) is 0 Å². The molecule has 0 N–H and O–H groups in total. The molecule has 0 saturated heterocycles. The lowest BCUT2D eigenvalue weighted by molar-refractivity contribution is -0.143. The number of fused-ring (bicyclic) bond motifs is 1. The number of carbonyl (C=O) groups excluding carboxylic acids is 2. The molecule has 39 heavy (non-hydrogen) atoms. The largest absolute Gasteiger partial charge is 0.493 e. The average Bonchev–Trinajstić information content (AvgIpc) is 2.84. The van der Waals surface area contributed by atoms with E-state index in [1.807, 2.05) is 0 Å². The molecule has 0 saturated carbocycles. The predicted octanol–water partition coefficient (Wildman–Crippen LogP) is 6.59. The minimum Gasteiger partial charge on any atom is -0.493 e. The van der Waals surface area contributed by atoms with Crippen LogP contribution in [0.1, 0.15) is 55.5 Å². The van der Waals surface area contributed by atoms with Gasteiger partial charge < -0.3 is 19.1 Å². The Morgan fingerprint density at radius 1 is 0.949 bits per heavy atom. The number of rotatable bonds is 6. The van der Waals surface area contributed by atoms with Gasteiger partial charge in [0.2, 0.25) is 5.91 Å². The normalized spacial score (nSPS) is 17.4. The molecule has 0 fully saturated rings. The first-order valence-electron chi connectivity index (χ1n) is 11.9. The van der Waals surface area contributed by atoms with Crippen molar-refractivity contribution < 1.29 is 50.1 Å². The van der Waals surface area contributed by atoms with Crippen LogP contribution in [0.25, 0.3) is 0 Å². The Morgan fingerprint density at radius 2 is 1.49 bits per heavy atom. The molecule has 2 amide bonds. The van der Waals surface area contributed by atoms with Gasteiger partial charge in [-0.15, -0.1) is 0 Å². The Bertz CT molecular complexity index is 1200. The van der Waals surface area contributed by atoms with E-state index in [0.717, 1.165) is 0 Å². The first-order chi connectivity index (χ1) is 18.1. The van der Waals surface area contributed by atoms with Gasteiger partial charge in [-0.3, -0.25) is 9.69 Å². The smallest absolute Gasteiger partial charge is 0.416 e. The summed E-state index contributed by atoms with van der Waals surface area (Å²) < 4.78 is 96.6. The van der Waals surface area contributed by atoms with Crippen LogP contribution in [0.3, 0.4) is 0 Å². The number of anilines is 1. The third-order valence-corrected chi connectivity index (χ3v) is 6.40. The maximum atomic E-state index is 13.4. The van der Waals surface area contributed by atoms with Gasteiger partial charge in [-0.2, -0.15) is 26.3 Å². The van der Waals surface area contributed by atoms with Gasteiger partial charge >= 0.3 is 18.4 Å². The Kier molecular flexibility index (Phi) is 8.61. The van der Waals surface area contributed by atoms with E-state index < -0.39 is 54.1 Å². The summed E-state index contributed by atoms with van der Waals surface area (Å²) in [7, 11) is 2.76. The lowest BCUT2D eigenvalue weighted by Crippen LogP contribution is -2.47. The maximum absolute atomic E-state index is 13.4. The van der Waals surface area contributed by atoms with E-state index in [0.29, 0.717) is 23.4 Å². The minimum absolute atomic E-state index is 0.0357. The molecule has 7 nitrogen and oxygen atoms in total. The summed E-state index contributed by atoms with van der Waals surface area (Å²) in [5, 5.41) is 0. The van der Waals surface area contributed by atoms with Crippen molar-refractivity contribution >= 4 is 17.7 Å². The van der Waals surface area contributed by atoms with Gasteiger partial charge in [0.25, 0.3) is 0 Å². The molecule has 0 aliphatic carbocycles. The van der Waals surface area contributed by atoms with Crippen LogP contribution in [-0.2, 0) is 28.4 Å². The fraction of sp³-hybridized carbons (Fsp3) is 0.462. The molecule has 2 aromatic carbocycles. The fourth-order valence-electron chi connectivity index (χ4n) is 4.67. The van der Waals surface area contributed by atoms with E-state index >= 15 is 0 Å². The maximum Gasteiger partial charge on any atom is 0.416 e. The number of ether oxygens (including phenoxy) is 3. The van der Waals surface area contributed by atoms with Crippen LogP contribution in [-0.4, -0.2) is 43.8 Å². The van der Waals surface area contributed by atoms with Gasteiger partial charge in [-0.1, -0.05) is 0 Å². The highest BCUT2D eigenvalue weighted by Crippen LogP contribution is 2.46. The Balaban J connectivity index is 2.17. The van der Waals surface area contributed by atoms with Crippen molar-refractivity contribution in [1.82, 2.24) is 4.90 Å². The van der Waals surface area contributed by atoms with E-state index in [-0.39, 0.29) is 36.2 Å². The van der Waals surface area contributed by atoms with E-state index in [4.69, 9.17) is 14.2 Å². The van der Waals surface area contributed by atoms with Crippen molar-refractivity contribution in [3.8, 4) is 11.5 Å². The van der Waals surface area contributed by atoms with E-state index in [9.17, 15) is 35.9 Å². The van der Waals surface area contributed by atoms with Crippen LogP contribution in [0.2, 0.25) is 0 Å². The summed E-state index contributed by atoms with van der Waals surface area (Å²) in [4.78, 5) is 28.2. The molecule has 214 valence electrons. The summed E-state index contributed by atoms with van der Waals surface area (Å²) >= 11 is 0. The molecule has 3 rings (SSSR count). The summed E-state index contributed by atoms with van der Waals surface area (Å²) in [6, 6.07) is 2.87. The monoisotopic (exact) mass is 562 g/mol. The topological polar surface area (TPSA) is 68.3 Å². The number of carbonyl (C=O) groups is 2. The Hall–Kier alpha value is -3.64. The highest BCUT2D eigenvalue weighted by Gasteiger charge is 2.41. The first kappa shape index (κ1) is 29.9. The van der Waals surface area contributed by atoms with Crippen molar-refractivity contribution in [1.29, 1.82) is 0 Å². The summed E-state index contributed by atoms with van der Waals surface area (Å²) in [6.45, 7) is 4.03. The molecule has 0 aromatic heterocycles. The summed E-state index contributed by atoms with van der Waals surface area (Å²) in [6.07, 6.45) is -10.6. The van der Waals surface area contributed by atoms with E-state index in [1.165, 1.54) is 43.1 Å². The molecule has 1 aliphatic rings. The molecular formula is C26H28F6N2O5. The molecule has 0 radical (unpaired) electrons. The fourth-order valence-corrected chi connectivity index (χ4v) is 4.67. The van der Waals surface area contributed by atoms with Crippen molar-refractivity contribution in [2.45, 2.75) is 58.2 Å². The quantitative estimate of drug-likeness (QED) is 0.372. The van der Waals surface area contributed by atoms with Crippen molar-refractivity contribution in [3.63, 3.8) is 0 Å². The molecule has 0 spiro atoms. The summed E-state index contributed by atoms with van der Waals surface area (Å²) in [5.74, 6) is -0.0782. The molecule has 0 unspecified atom stereocenters. The van der Waals surface area contributed by atoms with Gasteiger partial charge in [0.05, 0.1) is 43.7 Å². The standard InChI is InChI=1S/C26H28F6N2O5/c1-6-39-24(36)34-14(2)7-20(19-11-22(37-4)23(38-5)12-21(19)34)33(15(3)35)13-16-8-17(25(27,28)29)10-18(9-16)26(30,31)32/h8-12,14,20H,6-7,13H2,1-5H3/t14-,20+/m0/s1. The van der Waals surface area contributed by atoms with Gasteiger partial charge in [0.1, 0.15) is 0 Å². The predicted molar refractivity (Wildman–Crippen MR) is 129 cm³/mol. The third-order valence-electron chi connectivity index (χ3n) is 6.40. The number of alkyl halides is 6. The molecule has 1 aliphatic heterocycles. The first-order valence-corrected chi connectivity index (χ1v) is 11.9. The number of benzene rings is 2. The van der Waals surface area contributed by atoms with Crippen LogP contribution in [0.4, 0.5) is 36.8 Å². The molecule has 1 heterocycles. The number of methoxy groups -OCH3 is 2. The van der Waals surface area contributed by atoms with Crippen molar-refractivity contribution in [3.05, 3.63) is 52.6 Å². The van der Waals surface area contributed by atoms with Gasteiger partial charge in [-0.05, 0) is 50.1 Å². The van der Waals surface area contributed by atoms with Crippen LogP contribution in [0, 0.1) is 0 Å². The second-order valence-corrected chi connectivity index (χ2v) is 9.00.